The van der Waals surface area contributed by atoms with E-state index in [1.807, 2.05) is 0 Å². The molecule has 0 aliphatic carbocycles. The third kappa shape index (κ3) is 5.52. The van der Waals surface area contributed by atoms with Gasteiger partial charge in [0.25, 0.3) is 0 Å². The summed E-state index contributed by atoms with van der Waals surface area (Å²) in [6, 6.07) is -0.927. The Morgan fingerprint density at radius 1 is 1.08 bits per heavy atom. The molecular formula is C14H29NO10. The third-order valence-electron chi connectivity index (χ3n) is 4.23. The fourth-order valence-electron chi connectivity index (χ4n) is 2.60. The zero-order valence-corrected chi connectivity index (χ0v) is 14.0. The Kier molecular flexibility index (Phi) is 9.62. The van der Waals surface area contributed by atoms with Gasteiger partial charge in [0.05, 0.1) is 19.3 Å². The molecule has 150 valence electrons. The molecule has 0 amide bonds. The molecule has 0 bridgehead atoms. The van der Waals surface area contributed by atoms with E-state index < -0.39 is 68.3 Å². The highest BCUT2D eigenvalue weighted by Gasteiger charge is 2.46. The molecule has 11 heteroatoms. The van der Waals surface area contributed by atoms with Gasteiger partial charge in [0, 0.05) is 19.8 Å². The molecule has 9 N–H and O–H groups in total. The lowest BCUT2D eigenvalue weighted by molar-refractivity contribution is -0.326. The minimum absolute atomic E-state index is 0.0393. The number of hydrogen-bond acceptors (Lipinski definition) is 11. The molecule has 9 unspecified atom stereocenters. The summed E-state index contributed by atoms with van der Waals surface area (Å²) in [6.45, 7) is -1.49. The van der Waals surface area contributed by atoms with E-state index in [1.54, 1.807) is 0 Å². The minimum atomic E-state index is -1.68. The van der Waals surface area contributed by atoms with Crippen LogP contribution in [0.1, 0.15) is 6.42 Å². The molecule has 0 radical (unpaired) electrons. The predicted molar refractivity (Wildman–Crippen MR) is 82.2 cm³/mol. The number of ether oxygens (including phenoxy) is 3. The van der Waals surface area contributed by atoms with Gasteiger partial charge in [-0.3, -0.25) is 0 Å². The normalized spacial score (nSPS) is 35.2. The lowest BCUT2D eigenvalue weighted by atomic mass is 9.97. The maximum Gasteiger partial charge on any atom is 0.187 e. The molecule has 1 saturated heterocycles. The molecule has 11 nitrogen and oxygen atoms in total. The van der Waals surface area contributed by atoms with E-state index in [0.29, 0.717) is 0 Å². The first-order chi connectivity index (χ1) is 11.8. The van der Waals surface area contributed by atoms with Crippen LogP contribution >= 0.6 is 0 Å². The molecule has 0 aromatic rings. The second-order valence-electron chi connectivity index (χ2n) is 5.92. The fourth-order valence-corrected chi connectivity index (χ4v) is 2.60. The SMILES string of the molecule is COC(CO)C(OC1OC(CO)C(O)C(O)C1O)C(O)C(N)CCO. The Morgan fingerprint density at radius 3 is 2.20 bits per heavy atom. The van der Waals surface area contributed by atoms with Gasteiger partial charge in [0.1, 0.15) is 36.6 Å². The fraction of sp³-hybridized carbons (Fsp3) is 1.00. The Labute approximate surface area is 145 Å². The quantitative estimate of drug-likeness (QED) is 0.184. The van der Waals surface area contributed by atoms with Gasteiger partial charge in [0.15, 0.2) is 6.29 Å². The molecule has 1 heterocycles. The Hall–Kier alpha value is -0.440. The van der Waals surface area contributed by atoms with Gasteiger partial charge >= 0.3 is 0 Å². The summed E-state index contributed by atoms with van der Waals surface area (Å²) in [7, 11) is 1.26. The average Bonchev–Trinajstić information content (AvgIpc) is 2.61. The van der Waals surface area contributed by atoms with E-state index in [4.69, 9.17) is 25.1 Å². The van der Waals surface area contributed by atoms with Crippen LogP contribution in [-0.2, 0) is 14.2 Å². The first-order valence-corrected chi connectivity index (χ1v) is 7.96. The Morgan fingerprint density at radius 2 is 1.72 bits per heavy atom. The van der Waals surface area contributed by atoms with Crippen molar-refractivity contribution in [1.82, 2.24) is 0 Å². The molecule has 1 aliphatic heterocycles. The summed E-state index contributed by atoms with van der Waals surface area (Å²) in [5.74, 6) is 0. The molecule has 1 fully saturated rings. The van der Waals surface area contributed by atoms with Crippen molar-refractivity contribution < 1.29 is 50.0 Å². The van der Waals surface area contributed by atoms with Gasteiger partial charge in [0.2, 0.25) is 0 Å². The van der Waals surface area contributed by atoms with E-state index in [1.165, 1.54) is 7.11 Å². The maximum absolute atomic E-state index is 10.3. The molecule has 0 spiro atoms. The summed E-state index contributed by atoms with van der Waals surface area (Å²) < 4.78 is 15.7. The van der Waals surface area contributed by atoms with E-state index in [9.17, 15) is 30.6 Å². The molecule has 0 aromatic heterocycles. The van der Waals surface area contributed by atoms with Crippen LogP contribution in [0.15, 0.2) is 0 Å². The first kappa shape index (κ1) is 22.6. The summed E-state index contributed by atoms with van der Waals surface area (Å²) in [6.07, 6.45) is -11.3. The van der Waals surface area contributed by atoms with Crippen molar-refractivity contribution in [2.45, 2.75) is 61.5 Å². The largest absolute Gasteiger partial charge is 0.396 e. The molecule has 25 heavy (non-hydrogen) atoms. The smallest absolute Gasteiger partial charge is 0.187 e. The van der Waals surface area contributed by atoms with Crippen molar-refractivity contribution in [2.24, 2.45) is 5.73 Å². The summed E-state index contributed by atoms with van der Waals surface area (Å²) in [5, 5.41) is 67.5. The zero-order valence-electron chi connectivity index (χ0n) is 14.0. The molecule has 0 aromatic carbocycles. The molecule has 9 atom stereocenters. The van der Waals surface area contributed by atoms with Gasteiger partial charge in [-0.25, -0.2) is 0 Å². The monoisotopic (exact) mass is 371 g/mol. The minimum Gasteiger partial charge on any atom is -0.396 e. The van der Waals surface area contributed by atoms with Crippen molar-refractivity contribution >= 4 is 0 Å². The van der Waals surface area contributed by atoms with Crippen LogP contribution < -0.4 is 5.73 Å². The zero-order chi connectivity index (χ0) is 19.1. The van der Waals surface area contributed by atoms with E-state index >= 15 is 0 Å². The van der Waals surface area contributed by atoms with Crippen LogP contribution in [0.2, 0.25) is 0 Å². The highest BCUT2D eigenvalue weighted by atomic mass is 16.7. The standard InChI is InChI=1S/C14H29NO10/c1-23-8(5-18)13(9(19)6(15)2-3-16)25-14-12(22)11(21)10(20)7(4-17)24-14/h6-14,16-22H,2-5,15H2,1H3. The van der Waals surface area contributed by atoms with Crippen molar-refractivity contribution in [3.05, 3.63) is 0 Å². The van der Waals surface area contributed by atoms with Gasteiger partial charge in [-0.1, -0.05) is 0 Å². The van der Waals surface area contributed by atoms with E-state index in [-0.39, 0.29) is 13.0 Å². The van der Waals surface area contributed by atoms with Gasteiger partial charge in [-0.2, -0.15) is 0 Å². The number of nitrogens with two attached hydrogens (primary N) is 1. The van der Waals surface area contributed by atoms with Crippen LogP contribution in [0, 0.1) is 0 Å². The highest BCUT2D eigenvalue weighted by molar-refractivity contribution is 4.91. The van der Waals surface area contributed by atoms with Gasteiger partial charge < -0.3 is 55.7 Å². The van der Waals surface area contributed by atoms with E-state index in [2.05, 4.69) is 0 Å². The predicted octanol–water partition coefficient (Wildman–Crippen LogP) is -4.75. The second kappa shape index (κ2) is 10.6. The van der Waals surface area contributed by atoms with Crippen LogP contribution in [0.5, 0.6) is 0 Å². The van der Waals surface area contributed by atoms with Gasteiger partial charge in [-0.05, 0) is 6.42 Å². The molecule has 0 saturated carbocycles. The average molecular weight is 371 g/mol. The van der Waals surface area contributed by atoms with Crippen LogP contribution in [0.4, 0.5) is 0 Å². The topological polar surface area (TPSA) is 195 Å². The van der Waals surface area contributed by atoms with Crippen molar-refractivity contribution in [1.29, 1.82) is 0 Å². The lowest BCUT2D eigenvalue weighted by Crippen LogP contribution is -2.62. The lowest BCUT2D eigenvalue weighted by Gasteiger charge is -2.42. The van der Waals surface area contributed by atoms with Crippen molar-refractivity contribution in [2.75, 3.05) is 26.9 Å². The summed E-state index contributed by atoms with van der Waals surface area (Å²) >= 11 is 0. The van der Waals surface area contributed by atoms with Crippen molar-refractivity contribution in [3.63, 3.8) is 0 Å². The maximum atomic E-state index is 10.3. The third-order valence-corrected chi connectivity index (χ3v) is 4.23. The van der Waals surface area contributed by atoms with Crippen molar-refractivity contribution in [3.8, 4) is 0 Å². The Bertz CT molecular complexity index is 370. The number of aliphatic hydroxyl groups is 7. The molecule has 1 aliphatic rings. The van der Waals surface area contributed by atoms with Crippen LogP contribution in [0.3, 0.4) is 0 Å². The number of rotatable bonds is 10. The summed E-state index contributed by atoms with van der Waals surface area (Å²) in [5.41, 5.74) is 5.76. The summed E-state index contributed by atoms with van der Waals surface area (Å²) in [4.78, 5) is 0. The van der Waals surface area contributed by atoms with Crippen LogP contribution in [0.25, 0.3) is 0 Å². The molecule has 1 rings (SSSR count). The van der Waals surface area contributed by atoms with Crippen LogP contribution in [-0.4, -0.2) is 118 Å². The second-order valence-corrected chi connectivity index (χ2v) is 5.92. The number of aliphatic hydroxyl groups excluding tert-OH is 7. The Balaban J connectivity index is 2.95. The highest BCUT2D eigenvalue weighted by Crippen LogP contribution is 2.25. The first-order valence-electron chi connectivity index (χ1n) is 7.96. The van der Waals surface area contributed by atoms with Gasteiger partial charge in [-0.15, -0.1) is 0 Å². The van der Waals surface area contributed by atoms with E-state index in [0.717, 1.165) is 0 Å². The number of hydrogen-bond donors (Lipinski definition) is 8. The molecular weight excluding hydrogens is 342 g/mol. The number of methoxy groups -OCH3 is 1.